The maximum absolute atomic E-state index is 2.57. The van der Waals surface area contributed by atoms with Crippen molar-refractivity contribution < 1.29 is 0 Å². The number of allylic oxidation sites excluding steroid dienone is 1. The van der Waals surface area contributed by atoms with Crippen molar-refractivity contribution in [3.63, 3.8) is 0 Å². The first-order valence-corrected chi connectivity index (χ1v) is 10.8. The average Bonchev–Trinajstić information content (AvgIpc) is 2.57. The number of hydrogen-bond acceptors (Lipinski definition) is 1. The van der Waals surface area contributed by atoms with Crippen LogP contribution < -0.4 is 0 Å². The van der Waals surface area contributed by atoms with E-state index in [0.29, 0.717) is 0 Å². The minimum atomic E-state index is 1.25. The molecule has 0 aliphatic carbocycles. The SMILES string of the molecule is CCCCCCC/C=C/N(CCCC)CCCCCCCCC. The maximum Gasteiger partial charge on any atom is 0.0172 e. The molecule has 0 fully saturated rings. The van der Waals surface area contributed by atoms with E-state index in [4.69, 9.17) is 0 Å². The van der Waals surface area contributed by atoms with Crippen LogP contribution in [0.4, 0.5) is 0 Å². The second-order valence-electron chi connectivity index (χ2n) is 7.10. The predicted molar refractivity (Wildman–Crippen MR) is 107 cm³/mol. The average molecular weight is 324 g/mol. The molecule has 0 unspecified atom stereocenters. The van der Waals surface area contributed by atoms with E-state index < -0.39 is 0 Å². The standard InChI is InChI=1S/C22H45N/c1-4-7-10-12-14-16-18-21-23(20-9-6-3)22-19-17-15-13-11-8-5-2/h18,21H,4-17,19-20,22H2,1-3H3/b21-18+. The van der Waals surface area contributed by atoms with Gasteiger partial charge in [0.15, 0.2) is 0 Å². The molecule has 0 saturated heterocycles. The van der Waals surface area contributed by atoms with Crippen molar-refractivity contribution in [2.24, 2.45) is 0 Å². The molecule has 0 aromatic carbocycles. The van der Waals surface area contributed by atoms with Gasteiger partial charge < -0.3 is 4.90 Å². The Labute approximate surface area is 147 Å². The highest BCUT2D eigenvalue weighted by Crippen LogP contribution is 2.09. The molecule has 0 heterocycles. The number of hydrogen-bond donors (Lipinski definition) is 0. The van der Waals surface area contributed by atoms with Crippen LogP contribution >= 0.6 is 0 Å². The predicted octanol–water partition coefficient (Wildman–Crippen LogP) is 7.71. The van der Waals surface area contributed by atoms with Gasteiger partial charge in [-0.3, -0.25) is 0 Å². The first-order valence-electron chi connectivity index (χ1n) is 10.8. The minimum Gasteiger partial charge on any atom is -0.378 e. The van der Waals surface area contributed by atoms with Gasteiger partial charge in [-0.1, -0.05) is 97.5 Å². The van der Waals surface area contributed by atoms with Crippen molar-refractivity contribution in [2.75, 3.05) is 13.1 Å². The van der Waals surface area contributed by atoms with E-state index in [-0.39, 0.29) is 0 Å². The third-order valence-corrected chi connectivity index (χ3v) is 4.64. The van der Waals surface area contributed by atoms with Crippen molar-refractivity contribution >= 4 is 0 Å². The maximum atomic E-state index is 2.57. The summed E-state index contributed by atoms with van der Waals surface area (Å²) >= 11 is 0. The molecule has 138 valence electrons. The quantitative estimate of drug-likeness (QED) is 0.233. The monoisotopic (exact) mass is 323 g/mol. The van der Waals surface area contributed by atoms with Crippen molar-refractivity contribution in [3.05, 3.63) is 12.3 Å². The molecule has 23 heavy (non-hydrogen) atoms. The fraction of sp³-hybridized carbons (Fsp3) is 0.909. The van der Waals surface area contributed by atoms with Crippen LogP contribution in [0.25, 0.3) is 0 Å². The molecule has 0 atom stereocenters. The number of rotatable bonds is 18. The van der Waals surface area contributed by atoms with Crippen LogP contribution in [0.2, 0.25) is 0 Å². The van der Waals surface area contributed by atoms with E-state index in [1.165, 1.54) is 109 Å². The van der Waals surface area contributed by atoms with E-state index in [1.807, 2.05) is 0 Å². The van der Waals surface area contributed by atoms with Gasteiger partial charge >= 0.3 is 0 Å². The van der Waals surface area contributed by atoms with Gasteiger partial charge in [0.2, 0.25) is 0 Å². The summed E-state index contributed by atoms with van der Waals surface area (Å²) in [6, 6.07) is 0. The van der Waals surface area contributed by atoms with Crippen LogP contribution in [0.1, 0.15) is 117 Å². The lowest BCUT2D eigenvalue weighted by Gasteiger charge is -2.20. The topological polar surface area (TPSA) is 3.24 Å². The summed E-state index contributed by atoms with van der Waals surface area (Å²) < 4.78 is 0. The molecular weight excluding hydrogens is 278 g/mol. The smallest absolute Gasteiger partial charge is 0.0172 e. The van der Waals surface area contributed by atoms with Crippen LogP contribution in [0.15, 0.2) is 12.3 Å². The Morgan fingerprint density at radius 2 is 1.00 bits per heavy atom. The molecular formula is C22H45N. The molecule has 1 heteroatoms. The van der Waals surface area contributed by atoms with Gasteiger partial charge in [-0.25, -0.2) is 0 Å². The first-order chi connectivity index (χ1) is 11.3. The Morgan fingerprint density at radius 3 is 1.61 bits per heavy atom. The normalized spacial score (nSPS) is 11.4. The van der Waals surface area contributed by atoms with Gasteiger partial charge in [0, 0.05) is 13.1 Å². The van der Waals surface area contributed by atoms with Crippen LogP contribution in [0.3, 0.4) is 0 Å². The summed E-state index contributed by atoms with van der Waals surface area (Å²) in [6.07, 6.45) is 25.5. The number of unbranched alkanes of at least 4 members (excludes halogenated alkanes) is 12. The summed E-state index contributed by atoms with van der Waals surface area (Å²) in [6.45, 7) is 9.39. The zero-order valence-electron chi connectivity index (χ0n) is 16.6. The van der Waals surface area contributed by atoms with Gasteiger partial charge in [-0.15, -0.1) is 0 Å². The molecule has 0 saturated carbocycles. The van der Waals surface area contributed by atoms with Crippen LogP contribution in [-0.2, 0) is 0 Å². The highest BCUT2D eigenvalue weighted by molar-refractivity contribution is 4.82. The summed E-state index contributed by atoms with van der Waals surface area (Å²) in [4.78, 5) is 2.57. The molecule has 0 radical (unpaired) electrons. The fourth-order valence-corrected chi connectivity index (χ4v) is 2.98. The highest BCUT2D eigenvalue weighted by Gasteiger charge is 1.99. The van der Waals surface area contributed by atoms with Crippen LogP contribution in [0, 0.1) is 0 Å². The molecule has 0 aromatic heterocycles. The zero-order chi connectivity index (χ0) is 17.0. The van der Waals surface area contributed by atoms with E-state index in [2.05, 4.69) is 37.9 Å². The molecule has 0 aliphatic heterocycles. The van der Waals surface area contributed by atoms with Gasteiger partial charge in [0.05, 0.1) is 0 Å². The highest BCUT2D eigenvalue weighted by atomic mass is 15.1. The second kappa shape index (κ2) is 19.6. The lowest BCUT2D eigenvalue weighted by molar-refractivity contribution is 0.353. The third-order valence-electron chi connectivity index (χ3n) is 4.64. The van der Waals surface area contributed by atoms with Gasteiger partial charge in [0.25, 0.3) is 0 Å². The molecule has 0 spiro atoms. The molecule has 0 aromatic rings. The molecule has 0 bridgehead atoms. The molecule has 1 nitrogen and oxygen atoms in total. The van der Waals surface area contributed by atoms with Crippen molar-refractivity contribution in [2.45, 2.75) is 117 Å². The van der Waals surface area contributed by atoms with Crippen LogP contribution in [0.5, 0.6) is 0 Å². The fourth-order valence-electron chi connectivity index (χ4n) is 2.98. The minimum absolute atomic E-state index is 1.25. The molecule has 0 aliphatic rings. The van der Waals surface area contributed by atoms with Gasteiger partial charge in [-0.2, -0.15) is 0 Å². The molecule has 0 amide bonds. The Hall–Kier alpha value is -0.460. The van der Waals surface area contributed by atoms with Gasteiger partial charge in [0.1, 0.15) is 0 Å². The van der Waals surface area contributed by atoms with E-state index in [0.717, 1.165) is 0 Å². The van der Waals surface area contributed by atoms with Gasteiger partial charge in [-0.05, 0) is 31.9 Å². The lowest BCUT2D eigenvalue weighted by Crippen LogP contribution is -2.19. The summed E-state index contributed by atoms with van der Waals surface area (Å²) in [5.41, 5.74) is 0. The first kappa shape index (κ1) is 22.5. The van der Waals surface area contributed by atoms with Crippen molar-refractivity contribution in [3.8, 4) is 0 Å². The van der Waals surface area contributed by atoms with Crippen molar-refractivity contribution in [1.82, 2.24) is 4.90 Å². The second-order valence-corrected chi connectivity index (χ2v) is 7.10. The van der Waals surface area contributed by atoms with E-state index in [1.54, 1.807) is 0 Å². The summed E-state index contributed by atoms with van der Waals surface area (Å²) in [5.74, 6) is 0. The Morgan fingerprint density at radius 1 is 0.522 bits per heavy atom. The Balaban J connectivity index is 3.70. The third kappa shape index (κ3) is 17.7. The Bertz CT molecular complexity index is 234. The summed E-state index contributed by atoms with van der Waals surface area (Å²) in [5, 5.41) is 0. The lowest BCUT2D eigenvalue weighted by atomic mass is 10.1. The largest absolute Gasteiger partial charge is 0.378 e. The molecule has 0 rings (SSSR count). The Kier molecular flexibility index (Phi) is 19.2. The zero-order valence-corrected chi connectivity index (χ0v) is 16.6. The van der Waals surface area contributed by atoms with Crippen molar-refractivity contribution in [1.29, 1.82) is 0 Å². The van der Waals surface area contributed by atoms with E-state index in [9.17, 15) is 0 Å². The molecule has 0 N–H and O–H groups in total. The van der Waals surface area contributed by atoms with Crippen LogP contribution in [-0.4, -0.2) is 18.0 Å². The van der Waals surface area contributed by atoms with E-state index >= 15 is 0 Å². The number of nitrogens with zero attached hydrogens (tertiary/aromatic N) is 1. The summed E-state index contributed by atoms with van der Waals surface area (Å²) in [7, 11) is 0.